The van der Waals surface area contributed by atoms with Gasteiger partial charge in [0, 0.05) is 42.5 Å². The first-order valence-corrected chi connectivity index (χ1v) is 10.7. The van der Waals surface area contributed by atoms with E-state index in [1.54, 1.807) is 10.6 Å². The van der Waals surface area contributed by atoms with Gasteiger partial charge < -0.3 is 9.42 Å². The Morgan fingerprint density at radius 3 is 2.87 bits per heavy atom. The Balaban J connectivity index is 1.41. The van der Waals surface area contributed by atoms with E-state index in [4.69, 9.17) is 4.52 Å². The van der Waals surface area contributed by atoms with Crippen LogP contribution in [0.4, 0.5) is 0 Å². The molecule has 1 fully saturated rings. The first kappa shape index (κ1) is 18.9. The van der Waals surface area contributed by atoms with E-state index >= 15 is 0 Å². The van der Waals surface area contributed by atoms with Crippen molar-refractivity contribution in [2.75, 3.05) is 13.1 Å². The van der Waals surface area contributed by atoms with Crippen molar-refractivity contribution in [1.82, 2.24) is 34.2 Å². The Bertz CT molecular complexity index is 1240. The molecule has 154 valence electrons. The molecule has 4 aromatic rings. The van der Waals surface area contributed by atoms with Gasteiger partial charge in [-0.2, -0.15) is 5.10 Å². The summed E-state index contributed by atoms with van der Waals surface area (Å²) in [5.74, 6) is 0.696. The van der Waals surface area contributed by atoms with Crippen molar-refractivity contribution in [2.24, 2.45) is 0 Å². The van der Waals surface area contributed by atoms with Crippen LogP contribution in [0.2, 0.25) is 0 Å². The summed E-state index contributed by atoms with van der Waals surface area (Å²) in [5.41, 5.74) is 4.65. The molecule has 0 N–H and O–H groups in total. The fourth-order valence-corrected chi connectivity index (χ4v) is 4.74. The van der Waals surface area contributed by atoms with Crippen molar-refractivity contribution in [2.45, 2.75) is 39.5 Å². The summed E-state index contributed by atoms with van der Waals surface area (Å²) < 4.78 is 11.3. The molecule has 5 heterocycles. The molecule has 0 unspecified atom stereocenters. The molecule has 1 aliphatic rings. The molecule has 0 saturated carbocycles. The van der Waals surface area contributed by atoms with Gasteiger partial charge in [-0.05, 0) is 51.2 Å². The van der Waals surface area contributed by atoms with Gasteiger partial charge in [0.15, 0.2) is 17.1 Å². The Morgan fingerprint density at radius 2 is 2.07 bits per heavy atom. The Hall–Kier alpha value is -3.14. The monoisotopic (exact) mass is 423 g/mol. The Labute approximate surface area is 176 Å². The number of aromatic nitrogens is 6. The van der Waals surface area contributed by atoms with Crippen molar-refractivity contribution < 1.29 is 9.32 Å². The third-order valence-corrected chi connectivity index (χ3v) is 6.17. The summed E-state index contributed by atoms with van der Waals surface area (Å²) in [7, 11) is 0. The van der Waals surface area contributed by atoms with Crippen molar-refractivity contribution >= 4 is 23.1 Å². The van der Waals surface area contributed by atoms with Crippen LogP contribution in [-0.4, -0.2) is 53.2 Å². The van der Waals surface area contributed by atoms with Gasteiger partial charge in [0.2, 0.25) is 0 Å². The number of rotatable bonds is 3. The molecule has 1 amide bonds. The summed E-state index contributed by atoms with van der Waals surface area (Å²) in [5, 5.41) is 12.8. The van der Waals surface area contributed by atoms with Gasteiger partial charge in [-0.15, -0.1) is 5.10 Å². The van der Waals surface area contributed by atoms with Crippen LogP contribution in [-0.2, 0) is 0 Å². The fourth-order valence-electron chi connectivity index (χ4n) is 4.04. The number of hydrogen-bond donors (Lipinski definition) is 0. The smallest absolute Gasteiger partial charge is 0.274 e. The molecule has 30 heavy (non-hydrogen) atoms. The standard InChI is InChI=1S/C20H21N7O2S/c1-11-7-13(3)27-17(21-11)9-15(23-27)20(28)26-6-4-5-14(10-26)18-19(30-25-22-18)16-8-12(2)24-29-16/h7-9,14H,4-6,10H2,1-3H3/t14-/m0/s1. The maximum absolute atomic E-state index is 13.2. The van der Waals surface area contributed by atoms with Crippen molar-refractivity contribution in [3.8, 4) is 10.6 Å². The molecular formula is C20H21N7O2S. The van der Waals surface area contributed by atoms with Crippen LogP contribution >= 0.6 is 11.5 Å². The molecule has 0 radical (unpaired) electrons. The highest BCUT2D eigenvalue weighted by atomic mass is 32.1. The summed E-state index contributed by atoms with van der Waals surface area (Å²) in [6, 6.07) is 5.60. The molecule has 0 spiro atoms. The predicted octanol–water partition coefficient (Wildman–Crippen LogP) is 3.18. The van der Waals surface area contributed by atoms with E-state index in [1.165, 1.54) is 11.5 Å². The third kappa shape index (κ3) is 3.26. The molecule has 10 heteroatoms. The van der Waals surface area contributed by atoms with E-state index in [1.807, 2.05) is 37.8 Å². The zero-order valence-corrected chi connectivity index (χ0v) is 17.8. The highest BCUT2D eigenvalue weighted by molar-refractivity contribution is 7.09. The van der Waals surface area contributed by atoms with E-state index in [9.17, 15) is 4.79 Å². The quantitative estimate of drug-likeness (QED) is 0.499. The van der Waals surface area contributed by atoms with E-state index in [0.717, 1.165) is 40.5 Å². The lowest BCUT2D eigenvalue weighted by Crippen LogP contribution is -2.39. The SMILES string of the molecule is Cc1cc(-c2snnc2[C@H]2CCCN(C(=O)c3cc4nc(C)cc(C)n4n3)C2)on1. The van der Waals surface area contributed by atoms with Crippen LogP contribution in [0.15, 0.2) is 22.7 Å². The van der Waals surface area contributed by atoms with Crippen LogP contribution in [0.1, 0.15) is 52.0 Å². The molecule has 0 bridgehead atoms. The van der Waals surface area contributed by atoms with Crippen LogP contribution in [0.25, 0.3) is 16.3 Å². The van der Waals surface area contributed by atoms with Gasteiger partial charge in [0.05, 0.1) is 11.4 Å². The average Bonchev–Trinajstić information content (AvgIpc) is 3.46. The number of nitrogens with zero attached hydrogens (tertiary/aromatic N) is 7. The number of likely N-dealkylation sites (tertiary alicyclic amines) is 1. The minimum absolute atomic E-state index is 0.0810. The molecule has 1 saturated heterocycles. The van der Waals surface area contributed by atoms with Gasteiger partial charge in [-0.25, -0.2) is 9.50 Å². The second-order valence-electron chi connectivity index (χ2n) is 7.75. The van der Waals surface area contributed by atoms with E-state index in [2.05, 4.69) is 24.8 Å². The molecule has 4 aromatic heterocycles. The van der Waals surface area contributed by atoms with Crippen LogP contribution in [0.3, 0.4) is 0 Å². The Kier molecular flexibility index (Phi) is 4.58. The first-order valence-electron chi connectivity index (χ1n) is 9.89. The lowest BCUT2D eigenvalue weighted by Gasteiger charge is -2.31. The fraction of sp³-hybridized carbons (Fsp3) is 0.400. The number of fused-ring (bicyclic) bond motifs is 1. The summed E-state index contributed by atoms with van der Waals surface area (Å²) in [6.45, 7) is 7.05. The summed E-state index contributed by atoms with van der Waals surface area (Å²) >= 11 is 1.30. The highest BCUT2D eigenvalue weighted by Crippen LogP contribution is 2.35. The molecule has 9 nitrogen and oxygen atoms in total. The normalized spacial score (nSPS) is 17.0. The molecule has 5 rings (SSSR count). The van der Waals surface area contributed by atoms with Crippen LogP contribution < -0.4 is 0 Å². The van der Waals surface area contributed by atoms with Gasteiger partial charge in [0.1, 0.15) is 4.88 Å². The number of amides is 1. The zero-order valence-electron chi connectivity index (χ0n) is 17.0. The molecule has 0 aromatic carbocycles. The summed E-state index contributed by atoms with van der Waals surface area (Å²) in [4.78, 5) is 20.4. The van der Waals surface area contributed by atoms with E-state index < -0.39 is 0 Å². The molecule has 0 aliphatic carbocycles. The number of carbonyl (C=O) groups excluding carboxylic acids is 1. The van der Waals surface area contributed by atoms with Gasteiger partial charge in [-0.1, -0.05) is 9.64 Å². The second-order valence-corrected chi connectivity index (χ2v) is 8.50. The van der Waals surface area contributed by atoms with Crippen molar-refractivity contribution in [3.63, 3.8) is 0 Å². The number of aryl methyl sites for hydroxylation is 3. The minimum atomic E-state index is -0.0810. The zero-order chi connectivity index (χ0) is 20.8. The van der Waals surface area contributed by atoms with Gasteiger partial charge >= 0.3 is 0 Å². The minimum Gasteiger partial charge on any atom is -0.355 e. The second kappa shape index (κ2) is 7.28. The van der Waals surface area contributed by atoms with Crippen LogP contribution in [0.5, 0.6) is 0 Å². The maximum atomic E-state index is 13.2. The molecular weight excluding hydrogens is 402 g/mol. The highest BCUT2D eigenvalue weighted by Gasteiger charge is 2.31. The molecule has 1 atom stereocenters. The van der Waals surface area contributed by atoms with Crippen molar-refractivity contribution in [3.05, 3.63) is 46.7 Å². The van der Waals surface area contributed by atoms with E-state index in [-0.39, 0.29) is 11.8 Å². The first-order chi connectivity index (χ1) is 14.5. The van der Waals surface area contributed by atoms with Crippen LogP contribution in [0, 0.1) is 20.8 Å². The van der Waals surface area contributed by atoms with Gasteiger partial charge in [0.25, 0.3) is 5.91 Å². The van der Waals surface area contributed by atoms with Gasteiger partial charge in [-0.3, -0.25) is 4.79 Å². The third-order valence-electron chi connectivity index (χ3n) is 5.41. The lowest BCUT2D eigenvalue weighted by atomic mass is 9.93. The number of carbonyl (C=O) groups is 1. The van der Waals surface area contributed by atoms with Crippen molar-refractivity contribution in [1.29, 1.82) is 0 Å². The molecule has 1 aliphatic heterocycles. The number of hydrogen-bond acceptors (Lipinski definition) is 8. The topological polar surface area (TPSA) is 102 Å². The average molecular weight is 424 g/mol. The Morgan fingerprint density at radius 1 is 1.20 bits per heavy atom. The maximum Gasteiger partial charge on any atom is 0.274 e. The predicted molar refractivity (Wildman–Crippen MR) is 110 cm³/mol. The largest absolute Gasteiger partial charge is 0.355 e. The summed E-state index contributed by atoms with van der Waals surface area (Å²) in [6.07, 6.45) is 1.84. The lowest BCUT2D eigenvalue weighted by molar-refractivity contribution is 0.0699. The number of piperidine rings is 1. The van der Waals surface area contributed by atoms with E-state index in [0.29, 0.717) is 30.2 Å².